The Morgan fingerprint density at radius 2 is 0.551 bits per heavy atom. The van der Waals surface area contributed by atoms with Crippen LogP contribution in [-0.2, 0) is 0 Å². The molecule has 0 aromatic rings. The standard InChI is InChI=1S/C21H20F26N.HI/c1-3-48(2,8-4-6-10(22,23)12(26,27)14(30,31)16(34,35)18(38,39)20(42,43)44)9-5-7-11(24,25)13(28,29)15(32,33)17(36,37)19(40,41)21(45,46)47;/h3-9H2,1-2H3;1H/q+1;/p-1. The average molecular weight is 907 g/mol. The summed E-state index contributed by atoms with van der Waals surface area (Å²) >= 11 is 0. The Bertz CT molecular complexity index is 1010. The van der Waals surface area contributed by atoms with Crippen molar-refractivity contribution >= 4 is 0 Å². The summed E-state index contributed by atoms with van der Waals surface area (Å²) in [6.07, 6.45) is -24.2. The van der Waals surface area contributed by atoms with Crippen LogP contribution in [0, 0.1) is 0 Å². The molecule has 0 aliphatic heterocycles. The second kappa shape index (κ2) is 14.0. The Morgan fingerprint density at radius 1 is 0.347 bits per heavy atom. The molecule has 0 aliphatic carbocycles. The summed E-state index contributed by atoms with van der Waals surface area (Å²) in [5.41, 5.74) is 0. The summed E-state index contributed by atoms with van der Waals surface area (Å²) in [6, 6.07) is 0. The van der Waals surface area contributed by atoms with Crippen LogP contribution in [0.3, 0.4) is 0 Å². The number of alkyl halides is 26. The molecule has 0 fully saturated rings. The van der Waals surface area contributed by atoms with Gasteiger partial charge in [-0.05, 0) is 6.92 Å². The molecule has 0 aromatic heterocycles. The predicted octanol–water partition coefficient (Wildman–Crippen LogP) is 7.49. The highest BCUT2D eigenvalue weighted by molar-refractivity contribution is 5.11. The van der Waals surface area contributed by atoms with E-state index in [1.807, 2.05) is 0 Å². The van der Waals surface area contributed by atoms with Crippen LogP contribution in [-0.4, -0.2) is 103 Å². The van der Waals surface area contributed by atoms with Crippen LogP contribution in [0.2, 0.25) is 0 Å². The third kappa shape index (κ3) is 8.11. The molecule has 0 rings (SSSR count). The molecule has 0 unspecified atom stereocenters. The average Bonchev–Trinajstić information content (AvgIpc) is 2.86. The minimum absolute atomic E-state index is 0. The minimum atomic E-state index is -8.20. The van der Waals surface area contributed by atoms with Crippen LogP contribution in [0.15, 0.2) is 0 Å². The van der Waals surface area contributed by atoms with Crippen molar-refractivity contribution in [1.82, 2.24) is 0 Å². The lowest BCUT2D eigenvalue weighted by molar-refractivity contribution is -0.908. The molecule has 298 valence electrons. The molecule has 0 aliphatic rings. The maximum absolute atomic E-state index is 14.0. The van der Waals surface area contributed by atoms with E-state index in [4.69, 9.17) is 0 Å². The van der Waals surface area contributed by atoms with E-state index in [1.165, 1.54) is 0 Å². The highest BCUT2D eigenvalue weighted by atomic mass is 127. The van der Waals surface area contributed by atoms with E-state index >= 15 is 0 Å². The molecule has 1 nitrogen and oxygen atoms in total. The van der Waals surface area contributed by atoms with Crippen LogP contribution in [0.25, 0.3) is 0 Å². The topological polar surface area (TPSA) is 0 Å². The molecule has 0 saturated carbocycles. The van der Waals surface area contributed by atoms with Gasteiger partial charge in [-0.3, -0.25) is 0 Å². The molecule has 0 aromatic carbocycles. The van der Waals surface area contributed by atoms with Crippen molar-refractivity contribution in [3.8, 4) is 0 Å². The predicted molar refractivity (Wildman–Crippen MR) is 107 cm³/mol. The van der Waals surface area contributed by atoms with Crippen LogP contribution in [0.5, 0.6) is 0 Å². The van der Waals surface area contributed by atoms with E-state index in [1.54, 1.807) is 0 Å². The first-order chi connectivity index (χ1) is 20.5. The van der Waals surface area contributed by atoms with Crippen molar-refractivity contribution in [2.24, 2.45) is 0 Å². The largest absolute Gasteiger partial charge is 1.00 e. The van der Waals surface area contributed by atoms with Crippen LogP contribution >= 0.6 is 0 Å². The van der Waals surface area contributed by atoms with Crippen LogP contribution < -0.4 is 24.0 Å². The van der Waals surface area contributed by atoms with Gasteiger partial charge in [-0.1, -0.05) is 0 Å². The Balaban J connectivity index is 0. The number of quaternary nitrogens is 1. The monoisotopic (exact) mass is 907 g/mol. The number of hydrogen-bond donors (Lipinski definition) is 0. The molecule has 0 N–H and O–H groups in total. The molecular formula is C21H20F26IN. The molecule has 0 saturated heterocycles. The van der Waals surface area contributed by atoms with Gasteiger partial charge in [0, 0.05) is 25.7 Å². The molecule has 28 heteroatoms. The fraction of sp³-hybridized carbons (Fsp3) is 1.00. The molecule has 0 amide bonds. The van der Waals surface area contributed by atoms with E-state index in [0.29, 0.717) is 7.05 Å². The molecule has 49 heavy (non-hydrogen) atoms. The van der Waals surface area contributed by atoms with Crippen LogP contribution in [0.4, 0.5) is 114 Å². The van der Waals surface area contributed by atoms with E-state index in [0.717, 1.165) is 6.92 Å². The van der Waals surface area contributed by atoms with Gasteiger partial charge in [0.1, 0.15) is 0 Å². The third-order valence-corrected chi connectivity index (χ3v) is 7.14. The maximum Gasteiger partial charge on any atom is 0.460 e. The zero-order valence-electron chi connectivity index (χ0n) is 23.6. The van der Waals surface area contributed by atoms with Gasteiger partial charge in [-0.2, -0.15) is 114 Å². The van der Waals surface area contributed by atoms with Crippen LogP contribution in [0.1, 0.15) is 32.6 Å². The number of halogens is 27. The van der Waals surface area contributed by atoms with Crippen molar-refractivity contribution in [3.05, 3.63) is 0 Å². The van der Waals surface area contributed by atoms with Gasteiger partial charge in [0.05, 0.1) is 26.7 Å². The van der Waals surface area contributed by atoms with Gasteiger partial charge < -0.3 is 28.5 Å². The number of nitrogens with zero attached hydrogens (tertiary/aromatic N) is 1. The van der Waals surface area contributed by atoms with E-state index in [9.17, 15) is 114 Å². The van der Waals surface area contributed by atoms with Gasteiger partial charge in [-0.25, -0.2) is 0 Å². The number of rotatable bonds is 17. The summed E-state index contributed by atoms with van der Waals surface area (Å²) in [5, 5.41) is 0. The Morgan fingerprint density at radius 3 is 0.735 bits per heavy atom. The summed E-state index contributed by atoms with van der Waals surface area (Å²) < 4.78 is 342. The van der Waals surface area contributed by atoms with Gasteiger partial charge in [-0.15, -0.1) is 0 Å². The summed E-state index contributed by atoms with van der Waals surface area (Å²) in [7, 11) is 0.686. The first-order valence-electron chi connectivity index (χ1n) is 12.2. The molecule has 0 atom stereocenters. The lowest BCUT2D eigenvalue weighted by Gasteiger charge is -2.40. The Labute approximate surface area is 273 Å². The van der Waals surface area contributed by atoms with Gasteiger partial charge in [0.25, 0.3) is 0 Å². The fourth-order valence-electron chi connectivity index (χ4n) is 3.71. The molecule has 0 heterocycles. The SMILES string of the molecule is CC[N+](C)(CCCC(F)(F)C(F)(F)C(F)(F)C(F)(F)C(F)(F)C(F)(F)F)CCCC(F)(F)C(F)(F)C(F)(F)C(F)(F)C(F)(F)C(F)(F)F.[I-]. The lowest BCUT2D eigenvalue weighted by Crippen LogP contribution is -3.00. The van der Waals surface area contributed by atoms with Crippen molar-refractivity contribution in [2.75, 3.05) is 26.7 Å². The van der Waals surface area contributed by atoms with Crippen molar-refractivity contribution < 1.29 is 143 Å². The third-order valence-electron chi connectivity index (χ3n) is 7.14. The van der Waals surface area contributed by atoms with Crippen molar-refractivity contribution in [3.63, 3.8) is 0 Å². The maximum atomic E-state index is 14.0. The normalized spacial score (nSPS) is 16.2. The Hall–Kier alpha value is -1.13. The lowest BCUT2D eigenvalue weighted by atomic mass is 9.91. The van der Waals surface area contributed by atoms with Crippen molar-refractivity contribution in [2.45, 2.75) is 104 Å². The summed E-state index contributed by atoms with van der Waals surface area (Å²) in [4.78, 5) is 0. The highest BCUT2D eigenvalue weighted by Gasteiger charge is 2.92. The zero-order chi connectivity index (χ0) is 39.4. The first-order valence-corrected chi connectivity index (χ1v) is 12.2. The molecular weight excluding hydrogens is 887 g/mol. The van der Waals surface area contributed by atoms with Gasteiger partial charge in [0.15, 0.2) is 0 Å². The second-order valence-corrected chi connectivity index (χ2v) is 10.6. The van der Waals surface area contributed by atoms with Gasteiger partial charge in [0.2, 0.25) is 0 Å². The van der Waals surface area contributed by atoms with E-state index < -0.39 is 121 Å². The highest BCUT2D eigenvalue weighted by Crippen LogP contribution is 2.62. The Kier molecular flexibility index (Phi) is 14.3. The number of hydrogen-bond acceptors (Lipinski definition) is 0. The molecule has 0 spiro atoms. The summed E-state index contributed by atoms with van der Waals surface area (Å²) in [5.74, 6) is -77.1. The quantitative estimate of drug-likeness (QED) is 0.0807. The van der Waals surface area contributed by atoms with Gasteiger partial charge >= 0.3 is 71.6 Å². The summed E-state index contributed by atoms with van der Waals surface area (Å²) in [6.45, 7) is -2.16. The molecule has 0 radical (unpaired) electrons. The fourth-order valence-corrected chi connectivity index (χ4v) is 3.71. The zero-order valence-corrected chi connectivity index (χ0v) is 25.8. The second-order valence-electron chi connectivity index (χ2n) is 10.6. The smallest absolute Gasteiger partial charge is 0.460 e. The first kappa shape index (κ1) is 50.0. The minimum Gasteiger partial charge on any atom is -1.00 e. The molecule has 0 bridgehead atoms. The van der Waals surface area contributed by atoms with E-state index in [-0.39, 0.29) is 24.0 Å². The van der Waals surface area contributed by atoms with E-state index in [2.05, 4.69) is 0 Å². The van der Waals surface area contributed by atoms with Crippen molar-refractivity contribution in [1.29, 1.82) is 0 Å².